The van der Waals surface area contributed by atoms with Crippen LogP contribution in [0.15, 0.2) is 11.1 Å². The van der Waals surface area contributed by atoms with Crippen molar-refractivity contribution in [2.75, 3.05) is 0 Å². The molecule has 4 fully saturated rings. The first kappa shape index (κ1) is 10.5. The van der Waals surface area contributed by atoms with Crippen molar-refractivity contribution in [2.45, 2.75) is 52.4 Å². The summed E-state index contributed by atoms with van der Waals surface area (Å²) in [5, 5.41) is 0. The molecule has 0 aromatic heterocycles. The van der Waals surface area contributed by atoms with Gasteiger partial charge in [-0.1, -0.05) is 24.0 Å². The van der Waals surface area contributed by atoms with Gasteiger partial charge in [0, 0.05) is 0 Å². The summed E-state index contributed by atoms with van der Waals surface area (Å²) in [6.07, 6.45) is 9.47. The Labute approximate surface area is 111 Å². The summed E-state index contributed by atoms with van der Waals surface area (Å²) in [5.41, 5.74) is 3.64. The lowest BCUT2D eigenvalue weighted by molar-refractivity contribution is 0.0537. The molecular formula is C18H26. The van der Waals surface area contributed by atoms with Gasteiger partial charge in [0.15, 0.2) is 0 Å². The smallest absolute Gasteiger partial charge is 0.0163 e. The summed E-state index contributed by atoms with van der Waals surface area (Å²) in [7, 11) is 0. The molecule has 0 amide bonds. The van der Waals surface area contributed by atoms with E-state index in [1.165, 1.54) is 0 Å². The quantitative estimate of drug-likeness (QED) is 0.428. The maximum atomic E-state index is 2.46. The second-order valence-electron chi connectivity index (χ2n) is 8.14. The highest BCUT2D eigenvalue weighted by Gasteiger charge is 2.66. The van der Waals surface area contributed by atoms with Crippen LogP contribution in [-0.2, 0) is 0 Å². The zero-order valence-electron chi connectivity index (χ0n) is 11.9. The molecule has 0 aliphatic heterocycles. The molecule has 0 heterocycles. The Morgan fingerprint density at radius 3 is 1.67 bits per heavy atom. The average Bonchev–Trinajstić information content (AvgIpc) is 3.09. The third kappa shape index (κ3) is 0.991. The lowest BCUT2D eigenvalue weighted by atomic mass is 9.59. The number of rotatable bonds is 0. The third-order valence-electron chi connectivity index (χ3n) is 8.12. The van der Waals surface area contributed by atoms with Crippen LogP contribution >= 0.6 is 0 Å². The molecule has 4 saturated carbocycles. The number of hydrogen-bond donors (Lipinski definition) is 0. The van der Waals surface area contributed by atoms with Crippen molar-refractivity contribution in [3.63, 3.8) is 0 Å². The summed E-state index contributed by atoms with van der Waals surface area (Å²) >= 11 is 0. The average molecular weight is 242 g/mol. The molecule has 8 unspecified atom stereocenters. The minimum absolute atomic E-state index is 1.03. The van der Waals surface area contributed by atoms with Crippen molar-refractivity contribution in [3.05, 3.63) is 11.1 Å². The van der Waals surface area contributed by atoms with Gasteiger partial charge in [-0.25, -0.2) is 0 Å². The second kappa shape index (κ2) is 3.25. The van der Waals surface area contributed by atoms with Crippen molar-refractivity contribution in [3.8, 4) is 0 Å². The minimum Gasteiger partial charge on any atom is -0.0707 e. The predicted molar refractivity (Wildman–Crippen MR) is 74.0 cm³/mol. The minimum atomic E-state index is 1.03. The van der Waals surface area contributed by atoms with Crippen LogP contribution in [0.1, 0.15) is 52.4 Å². The first-order chi connectivity index (χ1) is 8.77. The predicted octanol–water partition coefficient (Wildman–Crippen LogP) is 4.66. The molecule has 5 aliphatic carbocycles. The Kier molecular flexibility index (Phi) is 1.90. The van der Waals surface area contributed by atoms with E-state index in [2.05, 4.69) is 13.8 Å². The molecule has 0 nitrogen and oxygen atoms in total. The molecule has 98 valence electrons. The largest absolute Gasteiger partial charge is 0.0707 e. The molecule has 18 heavy (non-hydrogen) atoms. The highest BCUT2D eigenvalue weighted by molar-refractivity contribution is 5.33. The highest BCUT2D eigenvalue weighted by Crippen LogP contribution is 2.72. The van der Waals surface area contributed by atoms with Crippen LogP contribution < -0.4 is 0 Å². The topological polar surface area (TPSA) is 0 Å². The summed E-state index contributed by atoms with van der Waals surface area (Å²) in [5.74, 6) is 8.98. The summed E-state index contributed by atoms with van der Waals surface area (Å²) in [6, 6.07) is 0. The monoisotopic (exact) mass is 242 g/mol. The van der Waals surface area contributed by atoms with Crippen LogP contribution in [0.25, 0.3) is 0 Å². The van der Waals surface area contributed by atoms with Crippen molar-refractivity contribution in [1.82, 2.24) is 0 Å². The van der Waals surface area contributed by atoms with E-state index in [-0.39, 0.29) is 0 Å². The van der Waals surface area contributed by atoms with Gasteiger partial charge in [-0.05, 0) is 86.9 Å². The van der Waals surface area contributed by atoms with Crippen LogP contribution in [0, 0.1) is 47.3 Å². The Hall–Kier alpha value is -0.260. The van der Waals surface area contributed by atoms with E-state index in [0.717, 1.165) is 47.3 Å². The van der Waals surface area contributed by atoms with E-state index in [1.54, 1.807) is 38.5 Å². The second-order valence-corrected chi connectivity index (χ2v) is 8.14. The maximum Gasteiger partial charge on any atom is -0.0163 e. The zero-order chi connectivity index (χ0) is 12.0. The maximum absolute atomic E-state index is 2.46. The van der Waals surface area contributed by atoms with E-state index in [1.807, 2.05) is 11.1 Å². The van der Waals surface area contributed by atoms with Gasteiger partial charge in [0.2, 0.25) is 0 Å². The molecule has 0 heteroatoms. The number of fused-ring (bicyclic) bond motifs is 12. The number of hydrogen-bond acceptors (Lipinski definition) is 0. The van der Waals surface area contributed by atoms with Crippen LogP contribution in [-0.4, -0.2) is 0 Å². The Balaban J connectivity index is 1.57. The molecular weight excluding hydrogens is 216 g/mol. The highest BCUT2D eigenvalue weighted by atomic mass is 14.7. The number of allylic oxidation sites excluding steroid dienone is 2. The Morgan fingerprint density at radius 2 is 1.17 bits per heavy atom. The molecule has 0 aromatic carbocycles. The summed E-state index contributed by atoms with van der Waals surface area (Å²) < 4.78 is 0. The van der Waals surface area contributed by atoms with Gasteiger partial charge in [-0.15, -0.1) is 0 Å². The first-order valence-electron chi connectivity index (χ1n) is 8.44. The van der Waals surface area contributed by atoms with Gasteiger partial charge < -0.3 is 0 Å². The van der Waals surface area contributed by atoms with Gasteiger partial charge in [-0.2, -0.15) is 0 Å². The van der Waals surface area contributed by atoms with E-state index < -0.39 is 0 Å². The molecule has 0 radical (unpaired) electrons. The van der Waals surface area contributed by atoms with Gasteiger partial charge in [0.05, 0.1) is 0 Å². The summed E-state index contributed by atoms with van der Waals surface area (Å²) in [6.45, 7) is 4.92. The molecule has 4 bridgehead atoms. The molecule has 5 aliphatic rings. The Morgan fingerprint density at radius 1 is 0.667 bits per heavy atom. The van der Waals surface area contributed by atoms with Gasteiger partial charge >= 0.3 is 0 Å². The summed E-state index contributed by atoms with van der Waals surface area (Å²) in [4.78, 5) is 0. The zero-order valence-corrected chi connectivity index (χ0v) is 11.9. The Bertz CT molecular complexity index is 393. The van der Waals surface area contributed by atoms with Crippen molar-refractivity contribution >= 4 is 0 Å². The first-order valence-corrected chi connectivity index (χ1v) is 8.44. The standard InChI is InChI=1S/C18H26/c1-9-10(2)14-7-13(9)17-15-8-16(18(14)17)12-6-4-3-5-11(12)15/h11-18H,3-8H2,1-2H3. The van der Waals surface area contributed by atoms with E-state index >= 15 is 0 Å². The van der Waals surface area contributed by atoms with Gasteiger partial charge in [0.1, 0.15) is 0 Å². The van der Waals surface area contributed by atoms with Gasteiger partial charge in [0.25, 0.3) is 0 Å². The van der Waals surface area contributed by atoms with Crippen molar-refractivity contribution in [1.29, 1.82) is 0 Å². The SMILES string of the molecule is CC1=C(C)C2CC1C1C3CC(C4CCCCC43)C21. The molecule has 8 atom stereocenters. The molecule has 0 spiro atoms. The van der Waals surface area contributed by atoms with Crippen LogP contribution in [0.4, 0.5) is 0 Å². The van der Waals surface area contributed by atoms with Crippen molar-refractivity contribution in [2.24, 2.45) is 47.3 Å². The molecule has 0 N–H and O–H groups in total. The fraction of sp³-hybridized carbons (Fsp3) is 0.889. The molecule has 0 aromatic rings. The molecule has 0 saturated heterocycles. The van der Waals surface area contributed by atoms with E-state index in [0.29, 0.717) is 0 Å². The fourth-order valence-electron chi connectivity index (χ4n) is 7.61. The lowest BCUT2D eigenvalue weighted by Crippen LogP contribution is -2.39. The van der Waals surface area contributed by atoms with Crippen molar-refractivity contribution < 1.29 is 0 Å². The fourth-order valence-corrected chi connectivity index (χ4v) is 7.61. The lowest BCUT2D eigenvalue weighted by Gasteiger charge is -2.45. The van der Waals surface area contributed by atoms with E-state index in [4.69, 9.17) is 0 Å². The van der Waals surface area contributed by atoms with E-state index in [9.17, 15) is 0 Å². The molecule has 5 rings (SSSR count). The normalized spacial score (nSPS) is 60.3. The third-order valence-corrected chi connectivity index (χ3v) is 8.12. The van der Waals surface area contributed by atoms with Crippen LogP contribution in [0.3, 0.4) is 0 Å². The van der Waals surface area contributed by atoms with Crippen LogP contribution in [0.5, 0.6) is 0 Å². The van der Waals surface area contributed by atoms with Crippen LogP contribution in [0.2, 0.25) is 0 Å². The van der Waals surface area contributed by atoms with Gasteiger partial charge in [-0.3, -0.25) is 0 Å².